The average Bonchev–Trinajstić information content (AvgIpc) is 3.01. The standard InChI is InChI=1S/C18H23BrN2O3.ClH/c1-18(2,11-20)12-21(3)17(22)16-8-7-15(24-16)10-23-14-6-4-5-13(19)9-14;/h4-9H,10-12,20H2,1-3H3;1H. The Morgan fingerprint density at radius 3 is 2.68 bits per heavy atom. The molecule has 0 radical (unpaired) electrons. The van der Waals surface area contributed by atoms with Crippen molar-refractivity contribution in [2.24, 2.45) is 11.1 Å². The van der Waals surface area contributed by atoms with Gasteiger partial charge in [0.05, 0.1) is 0 Å². The number of nitrogens with zero attached hydrogens (tertiary/aromatic N) is 1. The number of halogens is 2. The van der Waals surface area contributed by atoms with Crippen LogP contribution in [0.1, 0.15) is 30.2 Å². The molecule has 0 bridgehead atoms. The number of hydrogen-bond acceptors (Lipinski definition) is 4. The zero-order valence-corrected chi connectivity index (χ0v) is 17.0. The zero-order chi connectivity index (χ0) is 17.7. The summed E-state index contributed by atoms with van der Waals surface area (Å²) in [5, 5.41) is 0. The van der Waals surface area contributed by atoms with Crippen LogP contribution in [0.3, 0.4) is 0 Å². The molecule has 0 spiro atoms. The van der Waals surface area contributed by atoms with E-state index < -0.39 is 0 Å². The second-order valence-electron chi connectivity index (χ2n) is 6.54. The van der Waals surface area contributed by atoms with Crippen LogP contribution in [-0.4, -0.2) is 30.9 Å². The first kappa shape index (κ1) is 21.5. The molecule has 2 N–H and O–H groups in total. The van der Waals surface area contributed by atoms with Gasteiger partial charge < -0.3 is 19.8 Å². The molecule has 1 aromatic carbocycles. The third-order valence-electron chi connectivity index (χ3n) is 3.61. The van der Waals surface area contributed by atoms with E-state index in [9.17, 15) is 4.79 Å². The van der Waals surface area contributed by atoms with Gasteiger partial charge in [0.2, 0.25) is 0 Å². The Balaban J connectivity index is 0.00000312. The lowest BCUT2D eigenvalue weighted by molar-refractivity contribution is 0.0705. The van der Waals surface area contributed by atoms with Crippen molar-refractivity contribution in [3.63, 3.8) is 0 Å². The minimum absolute atomic E-state index is 0. The lowest BCUT2D eigenvalue weighted by atomic mass is 9.93. The number of rotatable bonds is 7. The second-order valence-corrected chi connectivity index (χ2v) is 7.46. The van der Waals surface area contributed by atoms with Gasteiger partial charge in [-0.2, -0.15) is 0 Å². The number of ether oxygens (including phenoxy) is 1. The number of amides is 1. The maximum absolute atomic E-state index is 12.4. The first-order chi connectivity index (χ1) is 11.3. The van der Waals surface area contributed by atoms with Crippen LogP contribution < -0.4 is 10.5 Å². The molecule has 2 aromatic rings. The van der Waals surface area contributed by atoms with Crippen LogP contribution in [0.25, 0.3) is 0 Å². The van der Waals surface area contributed by atoms with Crippen LogP contribution in [0.4, 0.5) is 0 Å². The predicted molar refractivity (Wildman–Crippen MR) is 104 cm³/mol. The highest BCUT2D eigenvalue weighted by molar-refractivity contribution is 9.10. The highest BCUT2D eigenvalue weighted by Gasteiger charge is 2.23. The first-order valence-electron chi connectivity index (χ1n) is 7.73. The van der Waals surface area contributed by atoms with Gasteiger partial charge in [0, 0.05) is 18.1 Å². The van der Waals surface area contributed by atoms with Gasteiger partial charge in [0.15, 0.2) is 5.76 Å². The van der Waals surface area contributed by atoms with Crippen molar-refractivity contribution in [2.75, 3.05) is 20.1 Å². The summed E-state index contributed by atoms with van der Waals surface area (Å²) in [5.74, 6) is 1.48. The molecule has 0 aliphatic rings. The van der Waals surface area contributed by atoms with Gasteiger partial charge in [-0.15, -0.1) is 12.4 Å². The Morgan fingerprint density at radius 1 is 1.32 bits per heavy atom. The van der Waals surface area contributed by atoms with Gasteiger partial charge in [0.25, 0.3) is 5.91 Å². The third kappa shape index (κ3) is 6.38. The number of nitrogens with two attached hydrogens (primary N) is 1. The molecule has 0 unspecified atom stereocenters. The second kappa shape index (κ2) is 9.27. The van der Waals surface area contributed by atoms with Crippen molar-refractivity contribution in [2.45, 2.75) is 20.5 Å². The molecule has 0 saturated carbocycles. The van der Waals surface area contributed by atoms with E-state index in [1.165, 1.54) is 0 Å². The molecule has 1 heterocycles. The quantitative estimate of drug-likeness (QED) is 0.716. The summed E-state index contributed by atoms with van der Waals surface area (Å²) < 4.78 is 12.2. The molecule has 7 heteroatoms. The summed E-state index contributed by atoms with van der Waals surface area (Å²) >= 11 is 3.39. The zero-order valence-electron chi connectivity index (χ0n) is 14.6. The Morgan fingerprint density at radius 2 is 2.04 bits per heavy atom. The Hall–Kier alpha value is -1.50. The van der Waals surface area contributed by atoms with Crippen LogP contribution in [0.2, 0.25) is 0 Å². The maximum atomic E-state index is 12.4. The first-order valence-corrected chi connectivity index (χ1v) is 8.53. The van der Waals surface area contributed by atoms with E-state index >= 15 is 0 Å². The topological polar surface area (TPSA) is 68.7 Å². The van der Waals surface area contributed by atoms with E-state index in [2.05, 4.69) is 15.9 Å². The Bertz CT molecular complexity index is 703. The minimum atomic E-state index is -0.162. The Labute approximate surface area is 163 Å². The van der Waals surface area contributed by atoms with Crippen LogP contribution in [0.15, 0.2) is 45.3 Å². The highest BCUT2D eigenvalue weighted by Crippen LogP contribution is 2.20. The van der Waals surface area contributed by atoms with Crippen molar-refractivity contribution in [3.8, 4) is 5.75 Å². The van der Waals surface area contributed by atoms with Crippen LogP contribution in [-0.2, 0) is 6.61 Å². The molecular weight excluding hydrogens is 408 g/mol. The lowest BCUT2D eigenvalue weighted by Gasteiger charge is -2.28. The molecule has 0 atom stereocenters. The van der Waals surface area contributed by atoms with E-state index in [0.717, 1.165) is 10.2 Å². The van der Waals surface area contributed by atoms with Crippen LogP contribution in [0.5, 0.6) is 5.75 Å². The van der Waals surface area contributed by atoms with Gasteiger partial charge >= 0.3 is 0 Å². The molecule has 0 saturated heterocycles. The van der Waals surface area contributed by atoms with E-state index in [0.29, 0.717) is 24.6 Å². The molecule has 138 valence electrons. The summed E-state index contributed by atoms with van der Waals surface area (Å²) in [4.78, 5) is 14.0. The third-order valence-corrected chi connectivity index (χ3v) is 4.11. The van der Waals surface area contributed by atoms with Gasteiger partial charge in [0.1, 0.15) is 18.1 Å². The van der Waals surface area contributed by atoms with Crippen LogP contribution >= 0.6 is 28.3 Å². The molecule has 5 nitrogen and oxygen atoms in total. The van der Waals surface area contributed by atoms with Gasteiger partial charge in [-0.1, -0.05) is 35.8 Å². The summed E-state index contributed by atoms with van der Waals surface area (Å²) in [6.07, 6.45) is 0. The summed E-state index contributed by atoms with van der Waals surface area (Å²) in [6.45, 7) is 5.38. The molecular formula is C18H24BrClN2O3. The molecule has 25 heavy (non-hydrogen) atoms. The van der Waals surface area contributed by atoms with Gasteiger partial charge in [-0.25, -0.2) is 0 Å². The maximum Gasteiger partial charge on any atom is 0.289 e. The molecule has 0 fully saturated rings. The SMILES string of the molecule is CN(CC(C)(C)CN)C(=O)c1ccc(COc2cccc(Br)c2)o1.Cl. The largest absolute Gasteiger partial charge is 0.486 e. The van der Waals surface area contributed by atoms with E-state index in [4.69, 9.17) is 14.9 Å². The summed E-state index contributed by atoms with van der Waals surface area (Å²) in [7, 11) is 1.75. The molecule has 0 aliphatic heterocycles. The lowest BCUT2D eigenvalue weighted by Crippen LogP contribution is -2.39. The van der Waals surface area contributed by atoms with E-state index in [-0.39, 0.29) is 30.3 Å². The predicted octanol–water partition coefficient (Wildman–Crippen LogP) is 4.10. The average molecular weight is 432 g/mol. The normalized spacial score (nSPS) is 10.9. The molecule has 0 aliphatic carbocycles. The fourth-order valence-corrected chi connectivity index (χ4v) is 2.63. The van der Waals surface area contributed by atoms with Crippen molar-refractivity contribution in [1.29, 1.82) is 0 Å². The number of benzene rings is 1. The fraction of sp³-hybridized carbons (Fsp3) is 0.389. The van der Waals surface area contributed by atoms with Crippen molar-refractivity contribution >= 4 is 34.2 Å². The number of furan rings is 1. The van der Waals surface area contributed by atoms with Crippen LogP contribution in [0, 0.1) is 5.41 Å². The Kier molecular flexibility index (Phi) is 7.99. The molecule has 2 rings (SSSR count). The van der Waals surface area contributed by atoms with E-state index in [1.807, 2.05) is 38.1 Å². The summed E-state index contributed by atoms with van der Waals surface area (Å²) in [6, 6.07) is 11.0. The van der Waals surface area contributed by atoms with E-state index in [1.54, 1.807) is 24.1 Å². The van der Waals surface area contributed by atoms with Gasteiger partial charge in [-0.3, -0.25) is 4.79 Å². The van der Waals surface area contributed by atoms with Gasteiger partial charge in [-0.05, 0) is 42.3 Å². The fourth-order valence-electron chi connectivity index (χ4n) is 2.25. The monoisotopic (exact) mass is 430 g/mol. The van der Waals surface area contributed by atoms with Crippen molar-refractivity contribution in [1.82, 2.24) is 4.90 Å². The highest BCUT2D eigenvalue weighted by atomic mass is 79.9. The smallest absolute Gasteiger partial charge is 0.289 e. The number of carbonyl (C=O) groups is 1. The summed E-state index contributed by atoms with van der Waals surface area (Å²) in [5.41, 5.74) is 5.59. The van der Waals surface area contributed by atoms with Crippen molar-refractivity contribution < 1.29 is 13.9 Å². The molecule has 1 aromatic heterocycles. The molecule has 1 amide bonds. The van der Waals surface area contributed by atoms with Crippen molar-refractivity contribution in [3.05, 3.63) is 52.4 Å². The number of hydrogen-bond donors (Lipinski definition) is 1. The number of carbonyl (C=O) groups excluding carboxylic acids is 1. The minimum Gasteiger partial charge on any atom is -0.486 e.